The van der Waals surface area contributed by atoms with Gasteiger partial charge in [0.25, 0.3) is 0 Å². The van der Waals surface area contributed by atoms with Crippen LogP contribution in [0.1, 0.15) is 40.6 Å². The SMILES string of the molecule is CCOC(=O)C(=O)N(Cc1ccccn1)Cc1cccc(N(C)C)c1C.Cc1c(CNCc2ccccn2)cccc1N(C)C. The number of nitrogens with zero attached hydrogens (tertiary/aromatic N) is 5. The summed E-state index contributed by atoms with van der Waals surface area (Å²) in [7, 11) is 8.10. The minimum absolute atomic E-state index is 0.164. The highest BCUT2D eigenvalue weighted by Crippen LogP contribution is 2.23. The first kappa shape index (κ1) is 34.7. The highest BCUT2D eigenvalue weighted by Gasteiger charge is 2.24. The van der Waals surface area contributed by atoms with Gasteiger partial charge in [-0.3, -0.25) is 14.8 Å². The van der Waals surface area contributed by atoms with Gasteiger partial charge in [0.2, 0.25) is 0 Å². The molecule has 0 saturated heterocycles. The van der Waals surface area contributed by atoms with Crippen LogP contribution in [0.2, 0.25) is 0 Å². The first-order chi connectivity index (χ1) is 21.6. The predicted octanol–water partition coefficient (Wildman–Crippen LogP) is 5.29. The molecule has 0 aliphatic rings. The van der Waals surface area contributed by atoms with Gasteiger partial charge in [0.05, 0.1) is 24.5 Å². The standard InChI is InChI=1S/C20H25N3O3.C16H21N3/c1-5-26-20(25)19(24)23(14-17-10-6-7-12-21-17)13-16-9-8-11-18(15(16)2)22(3)4;1-13-14(7-6-9-16(13)19(2)3)11-17-12-15-8-4-5-10-18-15/h6-12H,5,13-14H2,1-4H3;4-10,17H,11-12H2,1-3H3. The highest BCUT2D eigenvalue weighted by atomic mass is 16.5. The summed E-state index contributed by atoms with van der Waals surface area (Å²) in [6, 6.07) is 23.9. The fourth-order valence-corrected chi connectivity index (χ4v) is 4.91. The van der Waals surface area contributed by atoms with Crippen LogP contribution in [-0.4, -0.2) is 61.5 Å². The minimum Gasteiger partial charge on any atom is -0.459 e. The lowest BCUT2D eigenvalue weighted by atomic mass is 10.1. The molecule has 45 heavy (non-hydrogen) atoms. The van der Waals surface area contributed by atoms with Gasteiger partial charge in [-0.05, 0) is 79.4 Å². The number of amides is 1. The molecular weight excluding hydrogens is 564 g/mol. The monoisotopic (exact) mass is 610 g/mol. The zero-order chi connectivity index (χ0) is 32.8. The number of nitrogens with one attached hydrogen (secondary N) is 1. The number of carbonyl (C=O) groups excluding carboxylic acids is 2. The second kappa shape index (κ2) is 17.5. The summed E-state index contributed by atoms with van der Waals surface area (Å²) >= 11 is 0. The molecule has 0 atom stereocenters. The molecule has 4 rings (SSSR count). The van der Waals surface area contributed by atoms with Crippen LogP contribution in [0.3, 0.4) is 0 Å². The quantitative estimate of drug-likeness (QED) is 0.181. The number of esters is 1. The molecule has 0 fully saturated rings. The van der Waals surface area contributed by atoms with Crippen LogP contribution in [0.5, 0.6) is 0 Å². The Morgan fingerprint density at radius 1 is 0.689 bits per heavy atom. The summed E-state index contributed by atoms with van der Waals surface area (Å²) in [5, 5.41) is 3.44. The third-order valence-corrected chi connectivity index (χ3v) is 7.32. The van der Waals surface area contributed by atoms with Crippen molar-refractivity contribution in [2.45, 2.75) is 47.0 Å². The van der Waals surface area contributed by atoms with Crippen LogP contribution in [0.4, 0.5) is 11.4 Å². The maximum Gasteiger partial charge on any atom is 0.397 e. The molecule has 0 bridgehead atoms. The van der Waals surface area contributed by atoms with Crippen LogP contribution < -0.4 is 15.1 Å². The molecule has 2 heterocycles. The van der Waals surface area contributed by atoms with Crippen molar-refractivity contribution in [2.75, 3.05) is 44.6 Å². The molecule has 2 aromatic carbocycles. The average molecular weight is 611 g/mol. The van der Waals surface area contributed by atoms with Gasteiger partial charge in [-0.2, -0.15) is 0 Å². The summed E-state index contributed by atoms with van der Waals surface area (Å²) < 4.78 is 4.89. The second-order valence-electron chi connectivity index (χ2n) is 11.0. The Bertz CT molecular complexity index is 1510. The maximum absolute atomic E-state index is 12.6. The van der Waals surface area contributed by atoms with Crippen molar-refractivity contribution in [2.24, 2.45) is 0 Å². The average Bonchev–Trinajstić information content (AvgIpc) is 3.03. The van der Waals surface area contributed by atoms with Crippen LogP contribution >= 0.6 is 0 Å². The van der Waals surface area contributed by atoms with E-state index in [0.717, 1.165) is 35.6 Å². The Kier molecular flexibility index (Phi) is 13.5. The number of hydrogen-bond donors (Lipinski definition) is 1. The second-order valence-corrected chi connectivity index (χ2v) is 11.0. The fourth-order valence-electron chi connectivity index (χ4n) is 4.91. The summed E-state index contributed by atoms with van der Waals surface area (Å²) in [5.41, 5.74) is 8.85. The molecule has 1 amide bonds. The van der Waals surface area contributed by atoms with E-state index in [1.165, 1.54) is 21.7 Å². The van der Waals surface area contributed by atoms with Crippen molar-refractivity contribution in [1.29, 1.82) is 0 Å². The molecule has 0 spiro atoms. The molecule has 0 aliphatic carbocycles. The molecule has 238 valence electrons. The van der Waals surface area contributed by atoms with Crippen molar-refractivity contribution in [3.05, 3.63) is 119 Å². The summed E-state index contributed by atoms with van der Waals surface area (Å²) in [5.74, 6) is -1.50. The minimum atomic E-state index is -0.843. The molecule has 1 N–H and O–H groups in total. The van der Waals surface area contributed by atoms with Gasteiger partial charge >= 0.3 is 11.9 Å². The van der Waals surface area contributed by atoms with Crippen molar-refractivity contribution in [1.82, 2.24) is 20.2 Å². The van der Waals surface area contributed by atoms with Gasteiger partial charge in [-0.25, -0.2) is 4.79 Å². The summed E-state index contributed by atoms with van der Waals surface area (Å²) in [6.45, 7) is 8.24. The van der Waals surface area contributed by atoms with Crippen LogP contribution in [-0.2, 0) is 40.5 Å². The Balaban J connectivity index is 0.000000257. The molecule has 9 heteroatoms. The first-order valence-corrected chi connectivity index (χ1v) is 15.1. The number of anilines is 2. The van der Waals surface area contributed by atoms with Crippen molar-refractivity contribution >= 4 is 23.3 Å². The normalized spacial score (nSPS) is 10.4. The van der Waals surface area contributed by atoms with Gasteiger partial charge in [0, 0.05) is 71.6 Å². The van der Waals surface area contributed by atoms with E-state index in [-0.39, 0.29) is 13.2 Å². The number of carbonyl (C=O) groups is 2. The van der Waals surface area contributed by atoms with Gasteiger partial charge in [0.1, 0.15) is 0 Å². The van der Waals surface area contributed by atoms with Gasteiger partial charge < -0.3 is 24.8 Å². The first-order valence-electron chi connectivity index (χ1n) is 15.1. The molecule has 9 nitrogen and oxygen atoms in total. The largest absolute Gasteiger partial charge is 0.459 e. The zero-order valence-corrected chi connectivity index (χ0v) is 27.6. The topological polar surface area (TPSA) is 90.9 Å². The van der Waals surface area contributed by atoms with E-state index in [9.17, 15) is 9.59 Å². The molecule has 2 aromatic heterocycles. The number of hydrogen-bond acceptors (Lipinski definition) is 8. The Morgan fingerprint density at radius 2 is 1.24 bits per heavy atom. The molecule has 0 unspecified atom stereocenters. The number of rotatable bonds is 11. The summed E-state index contributed by atoms with van der Waals surface area (Å²) in [6.07, 6.45) is 3.50. The van der Waals surface area contributed by atoms with E-state index in [1.807, 2.05) is 86.7 Å². The number of ether oxygens (including phenoxy) is 1. The van der Waals surface area contributed by atoms with Crippen molar-refractivity contribution in [3.63, 3.8) is 0 Å². The van der Waals surface area contributed by atoms with Crippen LogP contribution in [0, 0.1) is 13.8 Å². The van der Waals surface area contributed by atoms with Crippen molar-refractivity contribution in [3.8, 4) is 0 Å². The molecule has 0 aliphatic heterocycles. The van der Waals surface area contributed by atoms with E-state index in [1.54, 1.807) is 13.1 Å². The van der Waals surface area contributed by atoms with Crippen molar-refractivity contribution < 1.29 is 14.3 Å². The van der Waals surface area contributed by atoms with E-state index in [2.05, 4.69) is 59.4 Å². The van der Waals surface area contributed by atoms with E-state index >= 15 is 0 Å². The van der Waals surface area contributed by atoms with E-state index in [0.29, 0.717) is 12.2 Å². The van der Waals surface area contributed by atoms with E-state index in [4.69, 9.17) is 4.74 Å². The third-order valence-electron chi connectivity index (χ3n) is 7.32. The Hall–Kier alpha value is -4.76. The Morgan fingerprint density at radius 3 is 1.78 bits per heavy atom. The highest BCUT2D eigenvalue weighted by molar-refractivity contribution is 6.32. The van der Waals surface area contributed by atoms with Crippen LogP contribution in [0.25, 0.3) is 0 Å². The molecule has 4 aromatic rings. The number of pyridine rings is 2. The lowest BCUT2D eigenvalue weighted by Crippen LogP contribution is -2.37. The van der Waals surface area contributed by atoms with Gasteiger partial charge in [0.15, 0.2) is 0 Å². The number of aromatic nitrogens is 2. The molecule has 0 radical (unpaired) electrons. The lowest BCUT2D eigenvalue weighted by Gasteiger charge is -2.24. The smallest absolute Gasteiger partial charge is 0.397 e. The van der Waals surface area contributed by atoms with Crippen LogP contribution in [0.15, 0.2) is 85.2 Å². The fraction of sp³-hybridized carbons (Fsp3) is 0.333. The summed E-state index contributed by atoms with van der Waals surface area (Å²) in [4.78, 5) is 38.8. The van der Waals surface area contributed by atoms with Gasteiger partial charge in [-0.15, -0.1) is 0 Å². The third kappa shape index (κ3) is 10.4. The maximum atomic E-state index is 12.6. The zero-order valence-electron chi connectivity index (χ0n) is 27.6. The van der Waals surface area contributed by atoms with E-state index < -0.39 is 11.9 Å². The lowest BCUT2D eigenvalue weighted by molar-refractivity contribution is -0.160. The van der Waals surface area contributed by atoms with Gasteiger partial charge in [-0.1, -0.05) is 36.4 Å². The molecule has 0 saturated carbocycles. The molecular formula is C36H46N6O3. The number of benzene rings is 2. The Labute approximate surface area is 267 Å². The predicted molar refractivity (Wildman–Crippen MR) is 181 cm³/mol.